The van der Waals surface area contributed by atoms with Gasteiger partial charge in [-0.25, -0.2) is 4.39 Å². The van der Waals surface area contributed by atoms with E-state index in [4.69, 9.17) is 4.74 Å². The second kappa shape index (κ2) is 10.9. The highest BCUT2D eigenvalue weighted by Gasteiger charge is 2.31. The topological polar surface area (TPSA) is 71.5 Å². The maximum Gasteiger partial charge on any atom is 0.257 e. The Balaban J connectivity index is 1.46. The van der Waals surface area contributed by atoms with Crippen LogP contribution in [0.3, 0.4) is 0 Å². The standard InChI is InChI=1S/C27H28FN3O3/c1-2-26(33)31-16-13-19-8-11-23(17-24(19)27(31)20-6-9-21(28)10-7-20)34-18-25(32)30-15-12-22-5-3-4-14-29-22/h3-11,14,17,27H,2,12-13,15-16,18H2,1H3,(H,30,32). The Labute approximate surface area is 198 Å². The predicted octanol–water partition coefficient (Wildman–Crippen LogP) is 3.84. The molecule has 4 rings (SSSR count). The van der Waals surface area contributed by atoms with Crippen molar-refractivity contribution >= 4 is 11.8 Å². The predicted molar refractivity (Wildman–Crippen MR) is 127 cm³/mol. The Morgan fingerprint density at radius 2 is 1.97 bits per heavy atom. The van der Waals surface area contributed by atoms with Gasteiger partial charge in [0.15, 0.2) is 6.61 Å². The molecule has 7 heteroatoms. The van der Waals surface area contributed by atoms with Gasteiger partial charge in [0.25, 0.3) is 5.91 Å². The van der Waals surface area contributed by atoms with E-state index >= 15 is 0 Å². The molecule has 0 fully saturated rings. The van der Waals surface area contributed by atoms with Gasteiger partial charge in [-0.2, -0.15) is 0 Å². The average Bonchev–Trinajstić information content (AvgIpc) is 2.87. The first-order valence-corrected chi connectivity index (χ1v) is 11.5. The van der Waals surface area contributed by atoms with Gasteiger partial charge in [-0.05, 0) is 59.5 Å². The molecule has 2 heterocycles. The molecule has 0 saturated heterocycles. The number of hydrogen-bond donors (Lipinski definition) is 1. The van der Waals surface area contributed by atoms with Crippen molar-refractivity contribution in [2.24, 2.45) is 0 Å². The highest BCUT2D eigenvalue weighted by atomic mass is 19.1. The molecule has 1 N–H and O–H groups in total. The molecule has 1 aliphatic heterocycles. The molecule has 0 spiro atoms. The van der Waals surface area contributed by atoms with Crippen molar-refractivity contribution < 1.29 is 18.7 Å². The van der Waals surface area contributed by atoms with Crippen molar-refractivity contribution in [3.05, 3.63) is 95.1 Å². The number of hydrogen-bond acceptors (Lipinski definition) is 4. The molecule has 1 aliphatic rings. The molecule has 1 atom stereocenters. The van der Waals surface area contributed by atoms with Crippen LogP contribution in [0.15, 0.2) is 66.9 Å². The number of halogens is 1. The molecule has 6 nitrogen and oxygen atoms in total. The summed E-state index contributed by atoms with van der Waals surface area (Å²) in [6, 6.07) is 17.3. The van der Waals surface area contributed by atoms with E-state index < -0.39 is 0 Å². The minimum absolute atomic E-state index is 0.0404. The van der Waals surface area contributed by atoms with Crippen molar-refractivity contribution in [1.29, 1.82) is 0 Å². The lowest BCUT2D eigenvalue weighted by atomic mass is 9.87. The largest absolute Gasteiger partial charge is 0.484 e. The van der Waals surface area contributed by atoms with Crippen molar-refractivity contribution in [3.8, 4) is 5.75 Å². The molecule has 34 heavy (non-hydrogen) atoms. The molecule has 2 amide bonds. The third-order valence-corrected chi connectivity index (χ3v) is 5.95. The van der Waals surface area contributed by atoms with E-state index in [1.807, 2.05) is 48.2 Å². The van der Waals surface area contributed by atoms with Crippen LogP contribution < -0.4 is 10.1 Å². The molecule has 3 aromatic rings. The van der Waals surface area contributed by atoms with Gasteiger partial charge in [0.05, 0.1) is 6.04 Å². The Morgan fingerprint density at radius 3 is 2.71 bits per heavy atom. The van der Waals surface area contributed by atoms with Gasteiger partial charge in [0.1, 0.15) is 11.6 Å². The van der Waals surface area contributed by atoms with Crippen molar-refractivity contribution in [2.45, 2.75) is 32.2 Å². The van der Waals surface area contributed by atoms with Gasteiger partial charge >= 0.3 is 0 Å². The van der Waals surface area contributed by atoms with Crippen LogP contribution >= 0.6 is 0 Å². The molecular weight excluding hydrogens is 433 g/mol. The summed E-state index contributed by atoms with van der Waals surface area (Å²) >= 11 is 0. The van der Waals surface area contributed by atoms with Crippen LogP contribution in [0.2, 0.25) is 0 Å². The van der Waals surface area contributed by atoms with Crippen LogP contribution in [0.4, 0.5) is 4.39 Å². The van der Waals surface area contributed by atoms with Crippen molar-refractivity contribution in [1.82, 2.24) is 15.2 Å². The number of rotatable bonds is 8. The normalized spacial score (nSPS) is 14.9. The van der Waals surface area contributed by atoms with Gasteiger partial charge in [-0.1, -0.05) is 31.2 Å². The van der Waals surface area contributed by atoms with Gasteiger partial charge in [0.2, 0.25) is 5.91 Å². The molecule has 0 radical (unpaired) electrons. The number of pyridine rings is 1. The molecule has 1 unspecified atom stereocenters. The lowest BCUT2D eigenvalue weighted by Crippen LogP contribution is -2.40. The summed E-state index contributed by atoms with van der Waals surface area (Å²) < 4.78 is 19.3. The van der Waals surface area contributed by atoms with Crippen molar-refractivity contribution in [2.75, 3.05) is 19.7 Å². The lowest BCUT2D eigenvalue weighted by Gasteiger charge is -2.38. The first-order valence-electron chi connectivity index (χ1n) is 11.5. The summed E-state index contributed by atoms with van der Waals surface area (Å²) in [6.07, 6.45) is 3.49. The maximum absolute atomic E-state index is 13.6. The molecule has 2 aromatic carbocycles. The summed E-state index contributed by atoms with van der Waals surface area (Å²) in [5, 5.41) is 2.84. The Morgan fingerprint density at radius 1 is 1.15 bits per heavy atom. The van der Waals surface area contributed by atoms with E-state index in [2.05, 4.69) is 10.3 Å². The van der Waals surface area contributed by atoms with E-state index in [0.29, 0.717) is 31.7 Å². The Hall–Kier alpha value is -3.74. The lowest BCUT2D eigenvalue weighted by molar-refractivity contribution is -0.133. The van der Waals surface area contributed by atoms with E-state index in [1.165, 1.54) is 12.1 Å². The number of carbonyl (C=O) groups excluding carboxylic acids is 2. The van der Waals surface area contributed by atoms with Gasteiger partial charge in [-0.15, -0.1) is 0 Å². The number of benzene rings is 2. The number of nitrogens with zero attached hydrogens (tertiary/aromatic N) is 2. The first kappa shape index (κ1) is 23.4. The summed E-state index contributed by atoms with van der Waals surface area (Å²) in [4.78, 5) is 31.0. The van der Waals surface area contributed by atoms with Crippen LogP contribution in [0, 0.1) is 5.82 Å². The van der Waals surface area contributed by atoms with E-state index in [-0.39, 0.29) is 30.3 Å². The van der Waals surface area contributed by atoms with Crippen molar-refractivity contribution in [3.63, 3.8) is 0 Å². The first-order chi connectivity index (χ1) is 16.5. The van der Waals surface area contributed by atoms with E-state index in [9.17, 15) is 14.0 Å². The fourth-order valence-corrected chi connectivity index (χ4v) is 4.24. The molecule has 0 bridgehead atoms. The van der Waals surface area contributed by atoms with Gasteiger partial charge in [0, 0.05) is 37.8 Å². The van der Waals surface area contributed by atoms with Crippen LogP contribution in [0.1, 0.15) is 41.8 Å². The number of ether oxygens (including phenoxy) is 1. The number of carbonyl (C=O) groups is 2. The number of aromatic nitrogens is 1. The monoisotopic (exact) mass is 461 g/mol. The van der Waals surface area contributed by atoms with Crippen LogP contribution in [-0.4, -0.2) is 41.4 Å². The highest BCUT2D eigenvalue weighted by molar-refractivity contribution is 5.78. The van der Waals surface area contributed by atoms with Gasteiger partial charge in [-0.3, -0.25) is 14.6 Å². The highest BCUT2D eigenvalue weighted by Crippen LogP contribution is 2.37. The fraction of sp³-hybridized carbons (Fsp3) is 0.296. The molecule has 176 valence electrons. The zero-order valence-electron chi connectivity index (χ0n) is 19.2. The fourth-order valence-electron chi connectivity index (χ4n) is 4.24. The molecule has 0 aliphatic carbocycles. The zero-order chi connectivity index (χ0) is 23.9. The third-order valence-electron chi connectivity index (χ3n) is 5.95. The Kier molecular flexibility index (Phi) is 7.52. The summed E-state index contributed by atoms with van der Waals surface area (Å²) in [6.45, 7) is 2.80. The molecule has 0 saturated carbocycles. The number of amides is 2. The maximum atomic E-state index is 13.6. The minimum atomic E-state index is -0.326. The number of fused-ring (bicyclic) bond motifs is 1. The number of nitrogens with one attached hydrogen (secondary N) is 1. The summed E-state index contributed by atoms with van der Waals surface area (Å²) in [5.74, 6) is 0.0564. The van der Waals surface area contributed by atoms with E-state index in [1.54, 1.807) is 18.3 Å². The second-order valence-electron chi connectivity index (χ2n) is 8.22. The van der Waals surface area contributed by atoms with E-state index in [0.717, 1.165) is 28.8 Å². The third kappa shape index (κ3) is 5.60. The minimum Gasteiger partial charge on any atom is -0.484 e. The molecular formula is C27H28FN3O3. The quantitative estimate of drug-likeness (QED) is 0.553. The second-order valence-corrected chi connectivity index (χ2v) is 8.22. The van der Waals surface area contributed by atoms with Gasteiger partial charge < -0.3 is 15.0 Å². The average molecular weight is 462 g/mol. The SMILES string of the molecule is CCC(=O)N1CCc2ccc(OCC(=O)NCCc3ccccn3)cc2C1c1ccc(F)cc1. The summed E-state index contributed by atoms with van der Waals surface area (Å²) in [5.41, 5.74) is 3.80. The zero-order valence-corrected chi connectivity index (χ0v) is 19.2. The summed E-state index contributed by atoms with van der Waals surface area (Å²) in [7, 11) is 0. The molecule has 1 aromatic heterocycles. The Bertz CT molecular complexity index is 1140. The van der Waals surface area contributed by atoms with Crippen LogP contribution in [0.25, 0.3) is 0 Å². The van der Waals surface area contributed by atoms with Crippen LogP contribution in [0.5, 0.6) is 5.75 Å². The van der Waals surface area contributed by atoms with Crippen LogP contribution in [-0.2, 0) is 22.4 Å². The smallest absolute Gasteiger partial charge is 0.257 e.